The number of amides is 1. The number of carbonyl (C=O) groups is 1. The molecule has 1 aromatic rings. The molecule has 1 N–H and O–H groups in total. The number of nitrogens with zero attached hydrogens (tertiary/aromatic N) is 1. The molecule has 1 amide bonds. The summed E-state index contributed by atoms with van der Waals surface area (Å²) in [7, 11) is -2.90. The van der Waals surface area contributed by atoms with Gasteiger partial charge >= 0.3 is 0 Å². The van der Waals surface area contributed by atoms with Crippen LogP contribution >= 0.6 is 0 Å². The molecule has 7 heteroatoms. The monoisotopic (exact) mass is 272 g/mol. The van der Waals surface area contributed by atoms with Crippen LogP contribution in [-0.2, 0) is 9.84 Å². The summed E-state index contributed by atoms with van der Waals surface area (Å²) in [6.45, 7) is 3.75. The first-order chi connectivity index (χ1) is 8.39. The van der Waals surface area contributed by atoms with Crippen molar-refractivity contribution >= 4 is 15.7 Å². The average molecular weight is 272 g/mol. The van der Waals surface area contributed by atoms with Crippen LogP contribution in [0.4, 0.5) is 0 Å². The zero-order valence-electron chi connectivity index (χ0n) is 10.4. The minimum Gasteiger partial charge on any atom is -0.361 e. The highest BCUT2D eigenvalue weighted by atomic mass is 32.2. The van der Waals surface area contributed by atoms with Crippen LogP contribution in [0.15, 0.2) is 4.52 Å². The molecule has 0 saturated carbocycles. The molecular weight excluding hydrogens is 256 g/mol. The van der Waals surface area contributed by atoms with Gasteiger partial charge in [-0.1, -0.05) is 5.16 Å². The van der Waals surface area contributed by atoms with Gasteiger partial charge in [0.05, 0.1) is 17.2 Å². The third-order valence-electron chi connectivity index (χ3n) is 3.14. The Balaban J connectivity index is 1.94. The zero-order chi connectivity index (χ0) is 13.3. The Morgan fingerprint density at radius 3 is 2.72 bits per heavy atom. The lowest BCUT2D eigenvalue weighted by atomic mass is 10.1. The van der Waals surface area contributed by atoms with Crippen molar-refractivity contribution in [2.45, 2.75) is 20.3 Å². The predicted molar refractivity (Wildman–Crippen MR) is 65.1 cm³/mol. The lowest BCUT2D eigenvalue weighted by molar-refractivity contribution is 0.0946. The summed E-state index contributed by atoms with van der Waals surface area (Å²) in [5.41, 5.74) is 0.986. The summed E-state index contributed by atoms with van der Waals surface area (Å²) >= 11 is 0. The van der Waals surface area contributed by atoms with E-state index in [1.165, 1.54) is 0 Å². The first-order valence-corrected chi connectivity index (χ1v) is 7.62. The minimum absolute atomic E-state index is 0.0134. The van der Waals surface area contributed by atoms with Gasteiger partial charge in [0.1, 0.15) is 11.3 Å². The molecule has 0 radical (unpaired) electrons. The fourth-order valence-corrected chi connectivity index (χ4v) is 4.03. The van der Waals surface area contributed by atoms with E-state index in [0.29, 0.717) is 30.0 Å². The molecule has 0 unspecified atom stereocenters. The van der Waals surface area contributed by atoms with Gasteiger partial charge in [-0.2, -0.15) is 0 Å². The Bertz CT molecular complexity index is 542. The van der Waals surface area contributed by atoms with E-state index in [0.717, 1.165) is 0 Å². The maximum Gasteiger partial charge on any atom is 0.256 e. The van der Waals surface area contributed by atoms with Crippen LogP contribution < -0.4 is 5.32 Å². The summed E-state index contributed by atoms with van der Waals surface area (Å²) < 4.78 is 27.5. The number of hydrogen-bond acceptors (Lipinski definition) is 5. The first-order valence-electron chi connectivity index (χ1n) is 5.80. The van der Waals surface area contributed by atoms with Crippen molar-refractivity contribution in [3.63, 3.8) is 0 Å². The molecule has 1 aliphatic heterocycles. The van der Waals surface area contributed by atoms with Crippen molar-refractivity contribution in [2.24, 2.45) is 5.92 Å². The average Bonchev–Trinajstić information content (AvgIpc) is 2.79. The summed E-state index contributed by atoms with van der Waals surface area (Å²) in [5.74, 6) is 0.618. The number of aryl methyl sites for hydroxylation is 2. The Labute approximate surface area is 106 Å². The predicted octanol–water partition coefficient (Wildman–Crippen LogP) is 0.456. The van der Waals surface area contributed by atoms with Gasteiger partial charge in [-0.05, 0) is 26.2 Å². The molecule has 0 aliphatic carbocycles. The second-order valence-corrected chi connectivity index (χ2v) is 6.91. The maximum atomic E-state index is 11.9. The fourth-order valence-electron chi connectivity index (χ4n) is 2.17. The lowest BCUT2D eigenvalue weighted by Gasteiger charge is -2.09. The van der Waals surface area contributed by atoms with E-state index in [-0.39, 0.29) is 23.3 Å². The smallest absolute Gasteiger partial charge is 0.256 e. The summed E-state index contributed by atoms with van der Waals surface area (Å²) in [6, 6.07) is 0. The van der Waals surface area contributed by atoms with Gasteiger partial charge in [0, 0.05) is 6.54 Å². The van der Waals surface area contributed by atoms with Crippen LogP contribution in [0.5, 0.6) is 0 Å². The number of aromatic nitrogens is 1. The van der Waals surface area contributed by atoms with Gasteiger partial charge in [0.2, 0.25) is 0 Å². The Kier molecular flexibility index (Phi) is 3.43. The number of nitrogens with one attached hydrogen (secondary N) is 1. The summed E-state index contributed by atoms with van der Waals surface area (Å²) in [4.78, 5) is 11.9. The molecule has 6 nitrogen and oxygen atoms in total. The van der Waals surface area contributed by atoms with E-state index in [4.69, 9.17) is 4.52 Å². The molecule has 18 heavy (non-hydrogen) atoms. The molecular formula is C11H16N2O4S. The molecule has 100 valence electrons. The van der Waals surface area contributed by atoms with Crippen LogP contribution in [0.2, 0.25) is 0 Å². The van der Waals surface area contributed by atoms with Crippen LogP contribution in [0, 0.1) is 19.8 Å². The van der Waals surface area contributed by atoms with Gasteiger partial charge < -0.3 is 9.84 Å². The lowest BCUT2D eigenvalue weighted by Crippen LogP contribution is -2.30. The highest BCUT2D eigenvalue weighted by Crippen LogP contribution is 2.18. The number of hydrogen-bond donors (Lipinski definition) is 1. The van der Waals surface area contributed by atoms with Crippen molar-refractivity contribution in [1.29, 1.82) is 0 Å². The molecule has 2 heterocycles. The SMILES string of the molecule is Cc1noc(C)c1C(=O)NC[C@H]1CCS(=O)(=O)C1. The molecule has 2 rings (SSSR count). The molecule has 0 bridgehead atoms. The van der Waals surface area contributed by atoms with E-state index >= 15 is 0 Å². The van der Waals surface area contributed by atoms with Crippen molar-refractivity contribution < 1.29 is 17.7 Å². The van der Waals surface area contributed by atoms with Gasteiger partial charge in [-0.25, -0.2) is 8.42 Å². The van der Waals surface area contributed by atoms with Crippen molar-refractivity contribution in [1.82, 2.24) is 10.5 Å². The minimum atomic E-state index is -2.90. The number of carbonyl (C=O) groups excluding carboxylic acids is 1. The quantitative estimate of drug-likeness (QED) is 0.863. The normalized spacial score (nSPS) is 22.0. The highest BCUT2D eigenvalue weighted by Gasteiger charge is 2.28. The summed E-state index contributed by atoms with van der Waals surface area (Å²) in [5, 5.41) is 6.45. The van der Waals surface area contributed by atoms with E-state index in [2.05, 4.69) is 10.5 Å². The zero-order valence-corrected chi connectivity index (χ0v) is 11.2. The first kappa shape index (κ1) is 13.1. The summed E-state index contributed by atoms with van der Waals surface area (Å²) in [6.07, 6.45) is 0.615. The standard InChI is InChI=1S/C11H16N2O4S/c1-7-10(8(2)17-13-7)11(14)12-5-9-3-4-18(15,16)6-9/h9H,3-6H2,1-2H3,(H,12,14)/t9-/m1/s1. The van der Waals surface area contributed by atoms with Crippen LogP contribution in [0.3, 0.4) is 0 Å². The number of sulfone groups is 1. The molecule has 1 saturated heterocycles. The van der Waals surface area contributed by atoms with E-state index in [1.807, 2.05) is 0 Å². The van der Waals surface area contributed by atoms with Crippen molar-refractivity contribution in [3.8, 4) is 0 Å². The fraction of sp³-hybridized carbons (Fsp3) is 0.636. The van der Waals surface area contributed by atoms with Crippen LogP contribution in [0.25, 0.3) is 0 Å². The Hall–Kier alpha value is -1.37. The van der Waals surface area contributed by atoms with Crippen molar-refractivity contribution in [2.75, 3.05) is 18.1 Å². The largest absolute Gasteiger partial charge is 0.361 e. The molecule has 1 aromatic heterocycles. The van der Waals surface area contributed by atoms with Crippen LogP contribution in [-0.4, -0.2) is 37.5 Å². The topological polar surface area (TPSA) is 89.3 Å². The van der Waals surface area contributed by atoms with Gasteiger partial charge in [0.25, 0.3) is 5.91 Å². The van der Waals surface area contributed by atoms with Gasteiger partial charge in [-0.3, -0.25) is 4.79 Å². The van der Waals surface area contributed by atoms with E-state index < -0.39 is 9.84 Å². The van der Waals surface area contributed by atoms with Gasteiger partial charge in [0.15, 0.2) is 9.84 Å². The Morgan fingerprint density at radius 2 is 2.22 bits per heavy atom. The molecule has 1 atom stereocenters. The van der Waals surface area contributed by atoms with Crippen LogP contribution in [0.1, 0.15) is 28.2 Å². The third kappa shape index (κ3) is 2.72. The molecule has 0 spiro atoms. The van der Waals surface area contributed by atoms with E-state index in [9.17, 15) is 13.2 Å². The Morgan fingerprint density at radius 1 is 1.50 bits per heavy atom. The molecule has 0 aromatic carbocycles. The maximum absolute atomic E-state index is 11.9. The second kappa shape index (κ2) is 4.72. The van der Waals surface area contributed by atoms with Crippen molar-refractivity contribution in [3.05, 3.63) is 17.0 Å². The highest BCUT2D eigenvalue weighted by molar-refractivity contribution is 7.91. The molecule has 1 fully saturated rings. The molecule has 1 aliphatic rings. The van der Waals surface area contributed by atoms with E-state index in [1.54, 1.807) is 13.8 Å². The third-order valence-corrected chi connectivity index (χ3v) is 4.98. The second-order valence-electron chi connectivity index (χ2n) is 4.68. The van der Waals surface area contributed by atoms with Gasteiger partial charge in [-0.15, -0.1) is 0 Å². The number of rotatable bonds is 3.